The number of rotatable bonds is 5. The van der Waals surface area contributed by atoms with E-state index >= 15 is 0 Å². The maximum absolute atomic E-state index is 12.0. The Morgan fingerprint density at radius 1 is 0.650 bits per heavy atom. The van der Waals surface area contributed by atoms with E-state index in [2.05, 4.69) is 0 Å². The molecule has 0 aliphatic heterocycles. The molecule has 2 rings (SSSR count). The van der Waals surface area contributed by atoms with Gasteiger partial charge in [-0.15, -0.1) is 0 Å². The van der Waals surface area contributed by atoms with Crippen LogP contribution in [0, 0.1) is 13.8 Å². The molecule has 4 heteroatoms. The SMILES string of the molecule is Cc1ccc(C(=O)[Se][Se]C(=O)c2ccc(C)cc2)cc1. The van der Waals surface area contributed by atoms with Gasteiger partial charge in [-0.05, 0) is 0 Å². The van der Waals surface area contributed by atoms with Crippen molar-refractivity contribution in [1.29, 1.82) is 0 Å². The zero-order valence-electron chi connectivity index (χ0n) is 11.3. The van der Waals surface area contributed by atoms with Crippen molar-refractivity contribution < 1.29 is 9.59 Å². The van der Waals surface area contributed by atoms with Crippen LogP contribution in [0.1, 0.15) is 31.8 Å². The minimum atomic E-state index is -0.274. The summed E-state index contributed by atoms with van der Waals surface area (Å²) in [6.45, 7) is 3.98. The van der Waals surface area contributed by atoms with Crippen LogP contribution in [0.2, 0.25) is 0 Å². The summed E-state index contributed by atoms with van der Waals surface area (Å²) >= 11 is -0.547. The molecule has 0 aromatic heterocycles. The number of hydrogen-bond acceptors (Lipinski definition) is 2. The average Bonchev–Trinajstić information content (AvgIpc) is 2.46. The summed E-state index contributed by atoms with van der Waals surface area (Å²) in [6.07, 6.45) is 0. The zero-order valence-corrected chi connectivity index (χ0v) is 14.7. The second kappa shape index (κ2) is 7.01. The van der Waals surface area contributed by atoms with Crippen LogP contribution in [0.4, 0.5) is 0 Å². The first kappa shape index (κ1) is 15.2. The van der Waals surface area contributed by atoms with Crippen molar-refractivity contribution in [3.05, 3.63) is 70.8 Å². The first-order valence-corrected chi connectivity index (χ1v) is 12.2. The molecule has 102 valence electrons. The standard InChI is InChI=1S/C16H14O2Se2/c1-11-3-7-13(8-4-11)15(17)19-20-16(18)14-9-5-12(2)6-10-14/h3-10H,1-2H3. The molecule has 0 heterocycles. The van der Waals surface area contributed by atoms with Crippen LogP contribution in [-0.2, 0) is 0 Å². The number of aryl methyl sites for hydroxylation is 2. The van der Waals surface area contributed by atoms with Crippen molar-refractivity contribution in [3.8, 4) is 0 Å². The van der Waals surface area contributed by atoms with E-state index in [9.17, 15) is 9.59 Å². The molecule has 0 saturated heterocycles. The van der Waals surface area contributed by atoms with Gasteiger partial charge in [-0.1, -0.05) is 0 Å². The first-order valence-electron chi connectivity index (χ1n) is 6.13. The molecule has 0 atom stereocenters. The van der Waals surface area contributed by atoms with E-state index in [-0.39, 0.29) is 35.6 Å². The summed E-state index contributed by atoms with van der Waals surface area (Å²) in [7, 11) is 0. The molecule has 2 aromatic rings. The molecular weight excluding hydrogens is 382 g/mol. The number of hydrogen-bond donors (Lipinski definition) is 0. The van der Waals surface area contributed by atoms with Crippen molar-refractivity contribution in [3.63, 3.8) is 0 Å². The maximum atomic E-state index is 12.0. The van der Waals surface area contributed by atoms with Crippen LogP contribution in [0.25, 0.3) is 0 Å². The Kier molecular flexibility index (Phi) is 5.33. The van der Waals surface area contributed by atoms with Crippen molar-refractivity contribution in [2.75, 3.05) is 0 Å². The van der Waals surface area contributed by atoms with Crippen LogP contribution < -0.4 is 0 Å². The monoisotopic (exact) mass is 398 g/mol. The molecule has 2 nitrogen and oxygen atoms in total. The predicted octanol–water partition coefficient (Wildman–Crippen LogP) is 2.61. The Morgan fingerprint density at radius 3 is 1.25 bits per heavy atom. The van der Waals surface area contributed by atoms with E-state index in [1.807, 2.05) is 62.4 Å². The quantitative estimate of drug-likeness (QED) is 0.729. The molecule has 0 radical (unpaired) electrons. The van der Waals surface area contributed by atoms with Gasteiger partial charge in [-0.25, -0.2) is 0 Å². The summed E-state index contributed by atoms with van der Waals surface area (Å²) < 4.78 is 0.218. The summed E-state index contributed by atoms with van der Waals surface area (Å²) in [4.78, 5) is 24.1. The fraction of sp³-hybridized carbons (Fsp3) is 0.125. The van der Waals surface area contributed by atoms with Crippen molar-refractivity contribution in [1.82, 2.24) is 0 Å². The zero-order chi connectivity index (χ0) is 14.5. The van der Waals surface area contributed by atoms with Gasteiger partial charge >= 0.3 is 130 Å². The van der Waals surface area contributed by atoms with Gasteiger partial charge in [0.15, 0.2) is 0 Å². The van der Waals surface area contributed by atoms with Crippen LogP contribution in [0.5, 0.6) is 0 Å². The summed E-state index contributed by atoms with van der Waals surface area (Å²) in [5.41, 5.74) is 3.70. The molecular formula is C16H14O2Se2. The molecule has 0 bridgehead atoms. The molecule has 0 aliphatic rings. The first-order chi connectivity index (χ1) is 9.56. The van der Waals surface area contributed by atoms with E-state index in [0.717, 1.165) is 11.1 Å². The van der Waals surface area contributed by atoms with Crippen molar-refractivity contribution in [2.24, 2.45) is 0 Å². The molecule has 0 unspecified atom stereocenters. The molecule has 0 aliphatic carbocycles. The Hall–Kier alpha value is -1.18. The third-order valence-corrected chi connectivity index (χ3v) is 8.78. The molecule has 0 spiro atoms. The van der Waals surface area contributed by atoms with E-state index in [1.165, 1.54) is 0 Å². The molecule has 0 saturated carbocycles. The van der Waals surface area contributed by atoms with Gasteiger partial charge in [0.05, 0.1) is 0 Å². The Morgan fingerprint density at radius 2 is 0.950 bits per heavy atom. The van der Waals surface area contributed by atoms with Gasteiger partial charge in [0, 0.05) is 0 Å². The third kappa shape index (κ3) is 4.16. The second-order valence-corrected chi connectivity index (χ2v) is 10.4. The molecule has 0 amide bonds. The predicted molar refractivity (Wildman–Crippen MR) is 82.5 cm³/mol. The van der Waals surface area contributed by atoms with Gasteiger partial charge in [-0.3, -0.25) is 0 Å². The van der Waals surface area contributed by atoms with E-state index < -0.39 is 0 Å². The van der Waals surface area contributed by atoms with Gasteiger partial charge in [0.2, 0.25) is 0 Å². The second-order valence-electron chi connectivity index (χ2n) is 4.47. The average molecular weight is 396 g/mol. The molecule has 20 heavy (non-hydrogen) atoms. The molecule has 0 fully saturated rings. The Bertz CT molecular complexity index is 558. The number of benzene rings is 2. The van der Waals surface area contributed by atoms with E-state index in [4.69, 9.17) is 0 Å². The van der Waals surface area contributed by atoms with Gasteiger partial charge in [0.25, 0.3) is 0 Å². The minimum absolute atomic E-state index is 0.109. The van der Waals surface area contributed by atoms with Crippen LogP contribution in [0.15, 0.2) is 48.5 Å². The molecule has 2 aromatic carbocycles. The topological polar surface area (TPSA) is 34.1 Å². The van der Waals surface area contributed by atoms with Crippen LogP contribution in [-0.4, -0.2) is 35.6 Å². The fourth-order valence-electron chi connectivity index (χ4n) is 1.55. The van der Waals surface area contributed by atoms with Gasteiger partial charge < -0.3 is 0 Å². The van der Waals surface area contributed by atoms with Crippen molar-refractivity contribution >= 4 is 35.6 Å². The third-order valence-electron chi connectivity index (χ3n) is 2.77. The normalized spacial score (nSPS) is 10.3. The Balaban J connectivity index is 1.94. The van der Waals surface area contributed by atoms with Crippen LogP contribution >= 0.6 is 0 Å². The van der Waals surface area contributed by atoms with Crippen LogP contribution in [0.3, 0.4) is 0 Å². The Labute approximate surface area is 129 Å². The van der Waals surface area contributed by atoms with Gasteiger partial charge in [0.1, 0.15) is 0 Å². The fourth-order valence-corrected chi connectivity index (χ4v) is 6.59. The summed E-state index contributed by atoms with van der Waals surface area (Å²) in [5.74, 6) is 0. The van der Waals surface area contributed by atoms with Gasteiger partial charge in [-0.2, -0.15) is 0 Å². The summed E-state index contributed by atoms with van der Waals surface area (Å²) in [5, 5.41) is 0. The number of carbonyl (C=O) groups excluding carboxylic acids is 2. The number of carbonyl (C=O) groups is 2. The van der Waals surface area contributed by atoms with E-state index in [0.29, 0.717) is 11.1 Å². The molecule has 0 N–H and O–H groups in total. The van der Waals surface area contributed by atoms with Crippen molar-refractivity contribution in [2.45, 2.75) is 13.8 Å². The van der Waals surface area contributed by atoms with E-state index in [1.54, 1.807) is 0 Å². The summed E-state index contributed by atoms with van der Waals surface area (Å²) in [6, 6.07) is 15.1.